The monoisotopic (exact) mass is 246 g/mol. The van der Waals surface area contributed by atoms with Gasteiger partial charge in [0.15, 0.2) is 0 Å². The lowest BCUT2D eigenvalue weighted by Gasteiger charge is -2.14. The van der Waals surface area contributed by atoms with Crippen LogP contribution in [0.3, 0.4) is 0 Å². The molecule has 1 unspecified atom stereocenters. The van der Waals surface area contributed by atoms with Gasteiger partial charge in [-0.3, -0.25) is 4.90 Å². The first-order valence-electron chi connectivity index (χ1n) is 4.96. The van der Waals surface area contributed by atoms with Crippen LogP contribution in [0.5, 0.6) is 0 Å². The number of nitrogens with zero attached hydrogens (tertiary/aromatic N) is 1. The third-order valence-electron chi connectivity index (χ3n) is 2.60. The highest BCUT2D eigenvalue weighted by Gasteiger charge is 2.18. The fraction of sp³-hybridized carbons (Fsp3) is 0.455. The molecule has 1 heterocycles. The summed E-state index contributed by atoms with van der Waals surface area (Å²) < 4.78 is 0. The Morgan fingerprint density at radius 3 is 2.87 bits per heavy atom. The summed E-state index contributed by atoms with van der Waals surface area (Å²) >= 11 is 5.92. The van der Waals surface area contributed by atoms with Crippen LogP contribution in [0.4, 0.5) is 0 Å². The molecular formula is C11H16Cl2N2. The molecule has 1 fully saturated rings. The third-order valence-corrected chi connectivity index (χ3v) is 2.84. The molecule has 2 N–H and O–H groups in total. The maximum Gasteiger partial charge on any atom is 0.0409 e. The Morgan fingerprint density at radius 2 is 2.27 bits per heavy atom. The van der Waals surface area contributed by atoms with E-state index in [-0.39, 0.29) is 12.4 Å². The minimum absolute atomic E-state index is 0. The van der Waals surface area contributed by atoms with E-state index >= 15 is 0 Å². The second kappa shape index (κ2) is 5.71. The van der Waals surface area contributed by atoms with Gasteiger partial charge in [-0.25, -0.2) is 0 Å². The van der Waals surface area contributed by atoms with Gasteiger partial charge in [-0.1, -0.05) is 23.7 Å². The normalized spacial score (nSPS) is 21.3. The van der Waals surface area contributed by atoms with E-state index in [1.165, 1.54) is 5.56 Å². The van der Waals surface area contributed by atoms with E-state index < -0.39 is 0 Å². The Bertz CT molecular complexity index is 317. The zero-order valence-corrected chi connectivity index (χ0v) is 10.1. The van der Waals surface area contributed by atoms with Crippen molar-refractivity contribution in [3.8, 4) is 0 Å². The van der Waals surface area contributed by atoms with Gasteiger partial charge in [0.05, 0.1) is 0 Å². The van der Waals surface area contributed by atoms with Crippen molar-refractivity contribution in [2.45, 2.75) is 19.0 Å². The van der Waals surface area contributed by atoms with Crippen molar-refractivity contribution in [3.05, 3.63) is 34.9 Å². The molecule has 2 rings (SSSR count). The number of rotatable bonds is 2. The van der Waals surface area contributed by atoms with Gasteiger partial charge in [0.1, 0.15) is 0 Å². The van der Waals surface area contributed by atoms with E-state index in [9.17, 15) is 0 Å². The second-order valence-electron chi connectivity index (χ2n) is 3.91. The van der Waals surface area contributed by atoms with Gasteiger partial charge >= 0.3 is 0 Å². The highest BCUT2D eigenvalue weighted by molar-refractivity contribution is 6.30. The predicted molar refractivity (Wildman–Crippen MR) is 66.6 cm³/mol. The molecule has 2 nitrogen and oxygen atoms in total. The Labute approximate surface area is 102 Å². The molecule has 1 aliphatic heterocycles. The average molecular weight is 247 g/mol. The van der Waals surface area contributed by atoms with Crippen LogP contribution in [-0.4, -0.2) is 24.0 Å². The molecule has 0 radical (unpaired) electrons. The van der Waals surface area contributed by atoms with Crippen LogP contribution in [0.2, 0.25) is 5.02 Å². The van der Waals surface area contributed by atoms with Gasteiger partial charge in [0.2, 0.25) is 0 Å². The molecule has 1 aromatic rings. The number of benzene rings is 1. The average Bonchev–Trinajstić information content (AvgIpc) is 2.51. The molecule has 0 amide bonds. The number of hydrogen-bond acceptors (Lipinski definition) is 2. The fourth-order valence-corrected chi connectivity index (χ4v) is 2.11. The van der Waals surface area contributed by atoms with Crippen molar-refractivity contribution in [2.24, 2.45) is 5.73 Å². The maximum atomic E-state index is 5.92. The Balaban J connectivity index is 0.00000112. The highest BCUT2D eigenvalue weighted by Crippen LogP contribution is 2.15. The molecule has 0 spiro atoms. The summed E-state index contributed by atoms with van der Waals surface area (Å²) in [7, 11) is 0. The SMILES string of the molecule is Cl.NC1CCN(Cc2cccc(Cl)c2)C1. The number of likely N-dealkylation sites (tertiary alicyclic amines) is 1. The van der Waals surface area contributed by atoms with Crippen molar-refractivity contribution in [2.75, 3.05) is 13.1 Å². The predicted octanol–water partition coefficient (Wildman–Crippen LogP) is 2.29. The molecule has 1 atom stereocenters. The first-order chi connectivity index (χ1) is 6.74. The first-order valence-corrected chi connectivity index (χ1v) is 5.34. The van der Waals surface area contributed by atoms with E-state index in [1.54, 1.807) is 0 Å². The highest BCUT2D eigenvalue weighted by atomic mass is 35.5. The van der Waals surface area contributed by atoms with Crippen LogP contribution < -0.4 is 5.73 Å². The number of nitrogens with two attached hydrogens (primary N) is 1. The van der Waals surface area contributed by atoms with Crippen LogP contribution in [0.25, 0.3) is 0 Å². The van der Waals surface area contributed by atoms with E-state index in [2.05, 4.69) is 11.0 Å². The molecule has 0 aromatic heterocycles. The van der Waals surface area contributed by atoms with Gasteiger partial charge in [0.25, 0.3) is 0 Å². The molecule has 0 aliphatic carbocycles. The minimum Gasteiger partial charge on any atom is -0.326 e. The molecule has 4 heteroatoms. The maximum absolute atomic E-state index is 5.92. The van der Waals surface area contributed by atoms with Gasteiger partial charge < -0.3 is 5.73 Å². The molecular weight excluding hydrogens is 231 g/mol. The van der Waals surface area contributed by atoms with Crippen molar-refractivity contribution in [3.63, 3.8) is 0 Å². The molecule has 1 aromatic carbocycles. The Morgan fingerprint density at radius 1 is 1.47 bits per heavy atom. The lowest BCUT2D eigenvalue weighted by molar-refractivity contribution is 0.327. The largest absolute Gasteiger partial charge is 0.326 e. The molecule has 1 saturated heterocycles. The lowest BCUT2D eigenvalue weighted by Crippen LogP contribution is -2.26. The Kier molecular flexibility index (Phi) is 4.87. The van der Waals surface area contributed by atoms with Gasteiger partial charge in [-0.15, -0.1) is 12.4 Å². The molecule has 15 heavy (non-hydrogen) atoms. The van der Waals surface area contributed by atoms with E-state index in [0.29, 0.717) is 6.04 Å². The summed E-state index contributed by atoms with van der Waals surface area (Å²) in [6.45, 7) is 3.08. The summed E-state index contributed by atoms with van der Waals surface area (Å²) in [5, 5.41) is 0.811. The summed E-state index contributed by atoms with van der Waals surface area (Å²) in [6, 6.07) is 8.38. The van der Waals surface area contributed by atoms with Gasteiger partial charge in [0, 0.05) is 30.7 Å². The van der Waals surface area contributed by atoms with Crippen LogP contribution >= 0.6 is 24.0 Å². The van der Waals surface area contributed by atoms with Crippen molar-refractivity contribution < 1.29 is 0 Å². The van der Waals surface area contributed by atoms with Crippen LogP contribution in [-0.2, 0) is 6.54 Å². The summed E-state index contributed by atoms with van der Waals surface area (Å²) in [5.41, 5.74) is 7.11. The smallest absolute Gasteiger partial charge is 0.0409 e. The van der Waals surface area contributed by atoms with E-state index in [1.807, 2.05) is 18.2 Å². The van der Waals surface area contributed by atoms with Crippen LogP contribution in [0.1, 0.15) is 12.0 Å². The van der Waals surface area contributed by atoms with E-state index in [0.717, 1.165) is 31.1 Å². The second-order valence-corrected chi connectivity index (χ2v) is 4.35. The standard InChI is InChI=1S/C11H15ClN2.ClH/c12-10-3-1-2-9(6-10)7-14-5-4-11(13)8-14;/h1-3,6,11H,4-5,7-8,13H2;1H. The van der Waals surface area contributed by atoms with Gasteiger partial charge in [-0.2, -0.15) is 0 Å². The molecule has 0 bridgehead atoms. The van der Waals surface area contributed by atoms with Crippen LogP contribution in [0, 0.1) is 0 Å². The van der Waals surface area contributed by atoms with Crippen molar-refractivity contribution in [1.29, 1.82) is 0 Å². The summed E-state index contributed by atoms with van der Waals surface area (Å²) in [5.74, 6) is 0. The summed E-state index contributed by atoms with van der Waals surface area (Å²) in [6.07, 6.45) is 1.11. The number of halogens is 2. The van der Waals surface area contributed by atoms with Crippen LogP contribution in [0.15, 0.2) is 24.3 Å². The van der Waals surface area contributed by atoms with Gasteiger partial charge in [-0.05, 0) is 24.1 Å². The van der Waals surface area contributed by atoms with E-state index in [4.69, 9.17) is 17.3 Å². The Hall–Kier alpha value is -0.280. The first kappa shape index (κ1) is 12.8. The topological polar surface area (TPSA) is 29.3 Å². The zero-order chi connectivity index (χ0) is 9.97. The summed E-state index contributed by atoms with van der Waals surface area (Å²) in [4.78, 5) is 2.37. The zero-order valence-electron chi connectivity index (χ0n) is 8.53. The van der Waals surface area contributed by atoms with Crippen molar-refractivity contribution >= 4 is 24.0 Å². The molecule has 84 valence electrons. The fourth-order valence-electron chi connectivity index (χ4n) is 1.90. The minimum atomic E-state index is 0. The quantitative estimate of drug-likeness (QED) is 0.868. The lowest BCUT2D eigenvalue weighted by atomic mass is 10.2. The molecule has 1 aliphatic rings. The third kappa shape index (κ3) is 3.65. The van der Waals surface area contributed by atoms with Crippen molar-refractivity contribution in [1.82, 2.24) is 4.90 Å². The molecule has 0 saturated carbocycles. The number of hydrogen-bond donors (Lipinski definition) is 1.